The Morgan fingerprint density at radius 2 is 2.21 bits per heavy atom. The molecule has 0 saturated carbocycles. The fraction of sp³-hybridized carbons (Fsp3) is 0.286. The monoisotopic (exact) mass is 279 g/mol. The van der Waals surface area contributed by atoms with Crippen molar-refractivity contribution in [1.82, 2.24) is 5.32 Å². The van der Waals surface area contributed by atoms with E-state index in [0.717, 1.165) is 10.5 Å². The topological polar surface area (TPSA) is 66.4 Å². The Bertz CT molecular complexity index is 499. The fourth-order valence-electron chi connectivity index (χ4n) is 1.60. The maximum atomic E-state index is 12.1. The second-order valence-corrected chi connectivity index (χ2v) is 4.95. The van der Waals surface area contributed by atoms with Gasteiger partial charge in [-0.05, 0) is 37.3 Å². The van der Waals surface area contributed by atoms with Crippen LogP contribution in [0.1, 0.15) is 22.3 Å². The lowest BCUT2D eigenvalue weighted by molar-refractivity contribution is -0.139. The zero-order valence-electron chi connectivity index (χ0n) is 11.0. The van der Waals surface area contributed by atoms with E-state index in [9.17, 15) is 9.59 Å². The summed E-state index contributed by atoms with van der Waals surface area (Å²) in [5.74, 6) is -1.44. The number of rotatable bonds is 6. The molecule has 0 aliphatic heterocycles. The minimum atomic E-state index is -1.06. The maximum absolute atomic E-state index is 12.1. The summed E-state index contributed by atoms with van der Waals surface area (Å²) in [5.41, 5.74) is 1.32. The molecule has 0 aliphatic carbocycles. The maximum Gasteiger partial charge on any atom is 0.326 e. The highest BCUT2D eigenvalue weighted by atomic mass is 32.2. The highest BCUT2D eigenvalue weighted by Gasteiger charge is 2.20. The molecule has 0 bridgehead atoms. The number of carboxylic acids is 1. The van der Waals surface area contributed by atoms with E-state index in [2.05, 4.69) is 11.9 Å². The van der Waals surface area contributed by atoms with Crippen molar-refractivity contribution >= 4 is 23.6 Å². The van der Waals surface area contributed by atoms with Gasteiger partial charge in [0, 0.05) is 10.5 Å². The first kappa shape index (κ1) is 15.3. The Balaban J connectivity index is 2.93. The van der Waals surface area contributed by atoms with Gasteiger partial charge < -0.3 is 10.4 Å². The number of benzene rings is 1. The number of aryl methyl sites for hydroxylation is 1. The van der Waals surface area contributed by atoms with Crippen molar-refractivity contribution in [1.29, 1.82) is 0 Å². The van der Waals surface area contributed by atoms with E-state index in [1.807, 2.05) is 25.3 Å². The average molecular weight is 279 g/mol. The molecule has 1 unspecified atom stereocenters. The van der Waals surface area contributed by atoms with Crippen molar-refractivity contribution in [2.24, 2.45) is 0 Å². The van der Waals surface area contributed by atoms with Crippen LogP contribution in [0.5, 0.6) is 0 Å². The van der Waals surface area contributed by atoms with E-state index in [-0.39, 0.29) is 12.3 Å². The van der Waals surface area contributed by atoms with Crippen LogP contribution in [0.25, 0.3) is 0 Å². The first-order chi connectivity index (χ1) is 8.99. The second kappa shape index (κ2) is 6.99. The zero-order chi connectivity index (χ0) is 14.4. The van der Waals surface area contributed by atoms with Crippen molar-refractivity contribution in [3.8, 4) is 0 Å². The van der Waals surface area contributed by atoms with Crippen LogP contribution in [-0.2, 0) is 4.79 Å². The molecule has 102 valence electrons. The largest absolute Gasteiger partial charge is 0.480 e. The molecule has 1 atom stereocenters. The summed E-state index contributed by atoms with van der Waals surface area (Å²) in [4.78, 5) is 24.1. The summed E-state index contributed by atoms with van der Waals surface area (Å²) in [6, 6.07) is 4.60. The number of aliphatic carboxylic acids is 1. The van der Waals surface area contributed by atoms with Gasteiger partial charge in [-0.25, -0.2) is 4.79 Å². The molecular formula is C14H17NO3S. The van der Waals surface area contributed by atoms with E-state index in [1.54, 1.807) is 6.07 Å². The lowest BCUT2D eigenvalue weighted by Crippen LogP contribution is -2.40. The van der Waals surface area contributed by atoms with Crippen molar-refractivity contribution in [3.05, 3.63) is 42.0 Å². The van der Waals surface area contributed by atoms with Gasteiger partial charge in [0.2, 0.25) is 0 Å². The quantitative estimate of drug-likeness (QED) is 0.620. The van der Waals surface area contributed by atoms with E-state index in [4.69, 9.17) is 5.11 Å². The van der Waals surface area contributed by atoms with E-state index in [1.165, 1.54) is 17.8 Å². The summed E-state index contributed by atoms with van der Waals surface area (Å²) in [6.45, 7) is 5.31. The molecule has 1 aromatic rings. The predicted octanol–water partition coefficient (Wildman–Crippen LogP) is 2.48. The van der Waals surface area contributed by atoms with E-state index < -0.39 is 12.0 Å². The molecule has 0 radical (unpaired) electrons. The number of hydrogen-bond acceptors (Lipinski definition) is 3. The molecule has 0 spiro atoms. The summed E-state index contributed by atoms with van der Waals surface area (Å²) >= 11 is 1.53. The van der Waals surface area contributed by atoms with Crippen LogP contribution in [0.2, 0.25) is 0 Å². The Labute approximate surface area is 116 Å². The minimum Gasteiger partial charge on any atom is -0.480 e. The van der Waals surface area contributed by atoms with Crippen LogP contribution in [0, 0.1) is 6.92 Å². The zero-order valence-corrected chi connectivity index (χ0v) is 11.8. The van der Waals surface area contributed by atoms with Crippen LogP contribution < -0.4 is 5.32 Å². The summed E-state index contributed by atoms with van der Waals surface area (Å²) in [7, 11) is 0. The second-order valence-electron chi connectivity index (χ2n) is 4.07. The lowest BCUT2D eigenvalue weighted by atomic mass is 10.1. The molecule has 0 aromatic heterocycles. The molecule has 1 rings (SSSR count). The molecule has 0 fully saturated rings. The molecule has 5 heteroatoms. The molecule has 1 amide bonds. The lowest BCUT2D eigenvalue weighted by Gasteiger charge is -2.14. The summed E-state index contributed by atoms with van der Waals surface area (Å²) in [5, 5.41) is 11.5. The average Bonchev–Trinajstić information content (AvgIpc) is 2.38. The number of carboxylic acid groups (broad SMARTS) is 1. The van der Waals surface area contributed by atoms with E-state index in [0.29, 0.717) is 5.56 Å². The minimum absolute atomic E-state index is 0.197. The SMILES string of the molecule is C=CCC(NC(=O)c1cc(SC)ccc1C)C(=O)O. The molecule has 4 nitrogen and oxygen atoms in total. The summed E-state index contributed by atoms with van der Waals surface area (Å²) in [6.07, 6.45) is 3.59. The van der Waals surface area contributed by atoms with Crippen molar-refractivity contribution < 1.29 is 14.7 Å². The highest BCUT2D eigenvalue weighted by molar-refractivity contribution is 7.98. The number of carbonyl (C=O) groups excluding carboxylic acids is 1. The summed E-state index contributed by atoms with van der Waals surface area (Å²) < 4.78 is 0. The van der Waals surface area contributed by atoms with Crippen LogP contribution >= 0.6 is 11.8 Å². The van der Waals surface area contributed by atoms with Crippen molar-refractivity contribution in [2.45, 2.75) is 24.3 Å². The highest BCUT2D eigenvalue weighted by Crippen LogP contribution is 2.19. The van der Waals surface area contributed by atoms with Gasteiger partial charge >= 0.3 is 5.97 Å². The van der Waals surface area contributed by atoms with Crippen LogP contribution in [0.4, 0.5) is 0 Å². The first-order valence-corrected chi connectivity index (χ1v) is 7.01. The first-order valence-electron chi connectivity index (χ1n) is 5.78. The van der Waals surface area contributed by atoms with Gasteiger partial charge in [0.05, 0.1) is 0 Å². The fourth-order valence-corrected chi connectivity index (χ4v) is 2.04. The van der Waals surface area contributed by atoms with Gasteiger partial charge in [-0.1, -0.05) is 12.1 Å². The third kappa shape index (κ3) is 4.13. The molecule has 0 saturated heterocycles. The molecular weight excluding hydrogens is 262 g/mol. The third-order valence-corrected chi connectivity index (χ3v) is 3.42. The number of thioether (sulfide) groups is 1. The number of hydrogen-bond donors (Lipinski definition) is 2. The number of carbonyl (C=O) groups is 2. The van der Waals surface area contributed by atoms with Gasteiger partial charge in [-0.3, -0.25) is 4.79 Å². The number of nitrogens with one attached hydrogen (secondary N) is 1. The van der Waals surface area contributed by atoms with Crippen LogP contribution in [-0.4, -0.2) is 29.3 Å². The van der Waals surface area contributed by atoms with Gasteiger partial charge in [0.15, 0.2) is 0 Å². The Kier molecular flexibility index (Phi) is 5.63. The molecule has 1 aromatic carbocycles. The van der Waals surface area contributed by atoms with Gasteiger partial charge in [-0.15, -0.1) is 18.3 Å². The smallest absolute Gasteiger partial charge is 0.326 e. The van der Waals surface area contributed by atoms with Crippen molar-refractivity contribution in [2.75, 3.05) is 6.26 Å². The van der Waals surface area contributed by atoms with Gasteiger partial charge in [-0.2, -0.15) is 0 Å². The third-order valence-electron chi connectivity index (χ3n) is 2.70. The molecule has 0 heterocycles. The van der Waals surface area contributed by atoms with Crippen LogP contribution in [0.15, 0.2) is 35.7 Å². The van der Waals surface area contributed by atoms with Crippen molar-refractivity contribution in [3.63, 3.8) is 0 Å². The standard InChI is InChI=1S/C14H17NO3S/c1-4-5-12(14(17)18)15-13(16)11-8-10(19-3)7-6-9(11)2/h4,6-8,12H,1,5H2,2-3H3,(H,15,16)(H,17,18). The Hall–Kier alpha value is -1.75. The molecule has 0 aliphatic rings. The predicted molar refractivity (Wildman–Crippen MR) is 76.7 cm³/mol. The Morgan fingerprint density at radius 1 is 1.53 bits per heavy atom. The van der Waals surface area contributed by atoms with Gasteiger partial charge in [0.25, 0.3) is 5.91 Å². The normalized spacial score (nSPS) is 11.7. The van der Waals surface area contributed by atoms with Gasteiger partial charge in [0.1, 0.15) is 6.04 Å². The number of amides is 1. The molecule has 19 heavy (non-hydrogen) atoms. The Morgan fingerprint density at radius 3 is 2.74 bits per heavy atom. The molecule has 2 N–H and O–H groups in total. The van der Waals surface area contributed by atoms with E-state index >= 15 is 0 Å². The van der Waals surface area contributed by atoms with Crippen LogP contribution in [0.3, 0.4) is 0 Å².